The number of nitrogens with zero attached hydrogens (tertiary/aromatic N) is 3. The molecule has 0 N–H and O–H groups in total. The molecule has 0 radical (unpaired) electrons. The second kappa shape index (κ2) is 5.26. The summed E-state index contributed by atoms with van der Waals surface area (Å²) < 4.78 is 0.955. The number of likely N-dealkylation sites (tertiary alicyclic amines) is 1. The molecule has 1 aromatic carbocycles. The number of hydrogen-bond donors (Lipinski definition) is 0. The van der Waals surface area contributed by atoms with Gasteiger partial charge in [-0.2, -0.15) is 5.26 Å². The molecular formula is C15H13N3O2S. The van der Waals surface area contributed by atoms with Crippen molar-refractivity contribution in [1.82, 2.24) is 9.88 Å². The van der Waals surface area contributed by atoms with Crippen LogP contribution in [0.4, 0.5) is 0 Å². The van der Waals surface area contributed by atoms with Crippen LogP contribution in [0.5, 0.6) is 0 Å². The number of Topliss-reactive ketones (excluding diaryl/α,β-unsaturated/α-hetero) is 1. The molecule has 1 aliphatic heterocycles. The third kappa shape index (κ3) is 2.30. The number of para-hydroxylation sites is 1. The fourth-order valence-corrected chi connectivity index (χ4v) is 3.60. The zero-order chi connectivity index (χ0) is 15.0. The van der Waals surface area contributed by atoms with Crippen molar-refractivity contribution in [2.24, 2.45) is 0 Å². The van der Waals surface area contributed by atoms with Gasteiger partial charge in [0, 0.05) is 13.5 Å². The SMILES string of the molecule is CN1C(=O)CC[C@@H]1C(=O)[C@@H](C#N)c1nc2ccccc2s1. The predicted octanol–water partition coefficient (Wildman–Crippen LogP) is 2.09. The number of hydrogen-bond acceptors (Lipinski definition) is 5. The van der Waals surface area contributed by atoms with Crippen molar-refractivity contribution in [3.63, 3.8) is 0 Å². The smallest absolute Gasteiger partial charge is 0.223 e. The number of fused-ring (bicyclic) bond motifs is 1. The molecule has 2 aromatic rings. The van der Waals surface area contributed by atoms with Crippen molar-refractivity contribution in [2.45, 2.75) is 24.8 Å². The van der Waals surface area contributed by atoms with Crippen LogP contribution in [0.25, 0.3) is 10.2 Å². The van der Waals surface area contributed by atoms with Crippen LogP contribution < -0.4 is 0 Å². The molecule has 1 aromatic heterocycles. The van der Waals surface area contributed by atoms with Crippen LogP contribution in [-0.4, -0.2) is 34.7 Å². The van der Waals surface area contributed by atoms with Gasteiger partial charge in [-0.05, 0) is 18.6 Å². The summed E-state index contributed by atoms with van der Waals surface area (Å²) >= 11 is 1.36. The summed E-state index contributed by atoms with van der Waals surface area (Å²) in [5.74, 6) is -1.18. The standard InChI is InChI=1S/C15H13N3O2S/c1-18-11(6-7-13(18)19)14(20)9(8-16)15-17-10-4-2-3-5-12(10)21-15/h2-5,9,11H,6-7H2,1H3/t9-,11-/m1/s1. The summed E-state index contributed by atoms with van der Waals surface area (Å²) in [6.07, 6.45) is 0.849. The van der Waals surface area contributed by atoms with Gasteiger partial charge in [-0.1, -0.05) is 12.1 Å². The number of ketones is 1. The van der Waals surface area contributed by atoms with Crippen molar-refractivity contribution < 1.29 is 9.59 Å². The van der Waals surface area contributed by atoms with Crippen molar-refractivity contribution in [2.75, 3.05) is 7.05 Å². The van der Waals surface area contributed by atoms with E-state index >= 15 is 0 Å². The minimum absolute atomic E-state index is 0.0469. The van der Waals surface area contributed by atoms with E-state index in [1.54, 1.807) is 7.05 Å². The predicted molar refractivity (Wildman–Crippen MR) is 78.8 cm³/mol. The fraction of sp³-hybridized carbons (Fsp3) is 0.333. The average Bonchev–Trinajstić information content (AvgIpc) is 3.04. The van der Waals surface area contributed by atoms with E-state index in [1.165, 1.54) is 16.2 Å². The Balaban J connectivity index is 1.93. The van der Waals surface area contributed by atoms with E-state index in [4.69, 9.17) is 0 Å². The molecule has 0 spiro atoms. The summed E-state index contributed by atoms with van der Waals surface area (Å²) in [7, 11) is 1.62. The van der Waals surface area contributed by atoms with Crippen LogP contribution in [0.1, 0.15) is 23.8 Å². The zero-order valence-corrected chi connectivity index (χ0v) is 12.3. The highest BCUT2D eigenvalue weighted by molar-refractivity contribution is 7.18. The highest BCUT2D eigenvalue weighted by Crippen LogP contribution is 2.30. The zero-order valence-electron chi connectivity index (χ0n) is 11.4. The molecule has 1 amide bonds. The number of amides is 1. The molecule has 1 saturated heterocycles. The minimum Gasteiger partial charge on any atom is -0.336 e. The van der Waals surface area contributed by atoms with E-state index < -0.39 is 12.0 Å². The van der Waals surface area contributed by atoms with Gasteiger partial charge in [-0.25, -0.2) is 4.98 Å². The lowest BCUT2D eigenvalue weighted by Gasteiger charge is -2.19. The first-order valence-corrected chi connectivity index (χ1v) is 7.48. The maximum absolute atomic E-state index is 12.6. The Bertz CT molecular complexity index is 729. The monoisotopic (exact) mass is 299 g/mol. The lowest BCUT2D eigenvalue weighted by molar-refractivity contribution is -0.133. The number of aromatic nitrogens is 1. The topological polar surface area (TPSA) is 74.1 Å². The first-order chi connectivity index (χ1) is 10.1. The Morgan fingerprint density at radius 3 is 2.90 bits per heavy atom. The molecule has 2 atom stereocenters. The molecule has 1 aliphatic rings. The lowest BCUT2D eigenvalue weighted by atomic mass is 9.98. The van der Waals surface area contributed by atoms with E-state index in [0.717, 1.165) is 10.2 Å². The van der Waals surface area contributed by atoms with Gasteiger partial charge in [0.1, 0.15) is 5.01 Å². The molecule has 3 rings (SSSR count). The number of benzene rings is 1. The van der Waals surface area contributed by atoms with Crippen molar-refractivity contribution in [3.05, 3.63) is 29.3 Å². The third-order valence-electron chi connectivity index (χ3n) is 3.79. The molecule has 2 heterocycles. The van der Waals surface area contributed by atoms with Crippen molar-refractivity contribution in [1.29, 1.82) is 5.26 Å². The van der Waals surface area contributed by atoms with Gasteiger partial charge >= 0.3 is 0 Å². The van der Waals surface area contributed by atoms with Gasteiger partial charge in [0.25, 0.3) is 0 Å². The first-order valence-electron chi connectivity index (χ1n) is 6.66. The molecule has 0 bridgehead atoms. The van der Waals surface area contributed by atoms with E-state index in [9.17, 15) is 14.9 Å². The van der Waals surface area contributed by atoms with Crippen LogP contribution in [0.15, 0.2) is 24.3 Å². The maximum Gasteiger partial charge on any atom is 0.223 e. The highest BCUT2D eigenvalue weighted by atomic mass is 32.1. The second-order valence-electron chi connectivity index (χ2n) is 5.04. The minimum atomic E-state index is -0.902. The van der Waals surface area contributed by atoms with Crippen LogP contribution in [0.3, 0.4) is 0 Å². The Hall–Kier alpha value is -2.26. The maximum atomic E-state index is 12.6. The van der Waals surface area contributed by atoms with Gasteiger partial charge in [-0.3, -0.25) is 9.59 Å². The van der Waals surface area contributed by atoms with Crippen LogP contribution in [0, 0.1) is 11.3 Å². The van der Waals surface area contributed by atoms with E-state index in [-0.39, 0.29) is 11.7 Å². The quantitative estimate of drug-likeness (QED) is 0.870. The normalized spacial score (nSPS) is 19.7. The van der Waals surface area contributed by atoms with Crippen LogP contribution in [0.2, 0.25) is 0 Å². The van der Waals surface area contributed by atoms with Gasteiger partial charge in [-0.15, -0.1) is 11.3 Å². The van der Waals surface area contributed by atoms with Gasteiger partial charge in [0.05, 0.1) is 22.3 Å². The molecule has 6 heteroatoms. The molecule has 0 unspecified atom stereocenters. The average molecular weight is 299 g/mol. The number of carbonyl (C=O) groups is 2. The van der Waals surface area contributed by atoms with Crippen LogP contribution in [-0.2, 0) is 9.59 Å². The largest absolute Gasteiger partial charge is 0.336 e. The number of thiazole rings is 1. The number of nitriles is 1. The number of rotatable bonds is 3. The summed E-state index contributed by atoms with van der Waals surface area (Å²) in [5, 5.41) is 9.89. The Morgan fingerprint density at radius 2 is 2.29 bits per heavy atom. The van der Waals surface area contributed by atoms with Crippen molar-refractivity contribution in [3.8, 4) is 6.07 Å². The number of likely N-dealkylation sites (N-methyl/N-ethyl adjacent to an activating group) is 1. The lowest BCUT2D eigenvalue weighted by Crippen LogP contribution is -2.37. The van der Waals surface area contributed by atoms with Gasteiger partial charge in [0.2, 0.25) is 5.91 Å². The summed E-state index contributed by atoms with van der Waals surface area (Å²) in [6, 6.07) is 9.10. The van der Waals surface area contributed by atoms with Crippen molar-refractivity contribution >= 4 is 33.2 Å². The Morgan fingerprint density at radius 1 is 1.52 bits per heavy atom. The second-order valence-corrected chi connectivity index (χ2v) is 6.11. The molecule has 0 aliphatic carbocycles. The van der Waals surface area contributed by atoms with E-state index in [2.05, 4.69) is 11.1 Å². The van der Waals surface area contributed by atoms with Gasteiger partial charge in [0.15, 0.2) is 11.7 Å². The molecule has 1 fully saturated rings. The molecule has 5 nitrogen and oxygen atoms in total. The third-order valence-corrected chi connectivity index (χ3v) is 4.89. The number of carbonyl (C=O) groups excluding carboxylic acids is 2. The van der Waals surface area contributed by atoms with E-state index in [1.807, 2.05) is 24.3 Å². The summed E-state index contributed by atoms with van der Waals surface area (Å²) in [6.45, 7) is 0. The molecule has 0 saturated carbocycles. The van der Waals surface area contributed by atoms with E-state index in [0.29, 0.717) is 17.8 Å². The Labute approximate surface area is 125 Å². The molecule has 106 valence electrons. The van der Waals surface area contributed by atoms with Gasteiger partial charge < -0.3 is 4.90 Å². The Kier molecular flexibility index (Phi) is 3.43. The summed E-state index contributed by atoms with van der Waals surface area (Å²) in [4.78, 5) is 30.0. The molecular weight excluding hydrogens is 286 g/mol. The van der Waals surface area contributed by atoms with Crippen LogP contribution >= 0.6 is 11.3 Å². The molecule has 21 heavy (non-hydrogen) atoms. The highest BCUT2D eigenvalue weighted by Gasteiger charge is 2.38. The first kappa shape index (κ1) is 13.7. The fourth-order valence-electron chi connectivity index (χ4n) is 2.58. The summed E-state index contributed by atoms with van der Waals surface area (Å²) in [5.41, 5.74) is 0.793.